The normalized spacial score (nSPS) is 17.3. The van der Waals surface area contributed by atoms with Crippen LogP contribution in [0.5, 0.6) is 0 Å². The predicted molar refractivity (Wildman–Crippen MR) is 115 cm³/mol. The van der Waals surface area contributed by atoms with E-state index < -0.39 is 5.60 Å². The minimum absolute atomic E-state index is 0.150. The lowest BCUT2D eigenvalue weighted by Gasteiger charge is -2.41. The standard InChI is InChI=1S/C22H25ClN4O3/c1-22(2,3)30-21(29)26-11-12-27(18(15-26)17-5-4-10-24-14-17)20(28)9-7-16-6-8-19(23)25-13-16/h4-10,13-14,18H,11-12,15H2,1-3H3/b9-7+. The Morgan fingerprint density at radius 3 is 2.63 bits per heavy atom. The first-order valence-electron chi connectivity index (χ1n) is 9.71. The van der Waals surface area contributed by atoms with Crippen molar-refractivity contribution >= 4 is 29.7 Å². The molecule has 3 heterocycles. The van der Waals surface area contributed by atoms with Crippen molar-refractivity contribution in [2.24, 2.45) is 0 Å². The molecule has 0 aromatic carbocycles. The van der Waals surface area contributed by atoms with Gasteiger partial charge >= 0.3 is 6.09 Å². The van der Waals surface area contributed by atoms with E-state index in [2.05, 4.69) is 9.97 Å². The van der Waals surface area contributed by atoms with Crippen LogP contribution in [0.15, 0.2) is 48.9 Å². The Morgan fingerprint density at radius 2 is 2.00 bits per heavy atom. The van der Waals surface area contributed by atoms with Gasteiger partial charge < -0.3 is 14.5 Å². The summed E-state index contributed by atoms with van der Waals surface area (Å²) in [5.74, 6) is -0.150. The Balaban J connectivity index is 1.78. The molecule has 7 nitrogen and oxygen atoms in total. The number of amides is 2. The van der Waals surface area contributed by atoms with Crippen molar-refractivity contribution in [2.75, 3.05) is 19.6 Å². The minimum atomic E-state index is -0.580. The molecule has 0 saturated carbocycles. The average Bonchev–Trinajstić information content (AvgIpc) is 2.72. The summed E-state index contributed by atoms with van der Waals surface area (Å²) in [4.78, 5) is 37.1. The number of carbonyl (C=O) groups is 2. The third kappa shape index (κ3) is 5.79. The maximum Gasteiger partial charge on any atom is 0.410 e. The highest BCUT2D eigenvalue weighted by molar-refractivity contribution is 6.29. The van der Waals surface area contributed by atoms with Crippen LogP contribution in [-0.2, 0) is 9.53 Å². The van der Waals surface area contributed by atoms with Crippen molar-refractivity contribution in [1.29, 1.82) is 0 Å². The first-order valence-corrected chi connectivity index (χ1v) is 10.1. The summed E-state index contributed by atoms with van der Waals surface area (Å²) in [7, 11) is 0. The van der Waals surface area contributed by atoms with Crippen molar-refractivity contribution < 1.29 is 14.3 Å². The minimum Gasteiger partial charge on any atom is -0.444 e. The van der Waals surface area contributed by atoms with Crippen molar-refractivity contribution in [3.05, 3.63) is 65.2 Å². The van der Waals surface area contributed by atoms with Gasteiger partial charge in [-0.25, -0.2) is 9.78 Å². The Kier molecular flexibility index (Phi) is 6.72. The van der Waals surface area contributed by atoms with Gasteiger partial charge in [0.15, 0.2) is 0 Å². The predicted octanol–water partition coefficient (Wildman–Crippen LogP) is 3.96. The summed E-state index contributed by atoms with van der Waals surface area (Å²) in [5.41, 5.74) is 1.06. The lowest BCUT2D eigenvalue weighted by molar-refractivity contribution is -0.131. The Bertz CT molecular complexity index is 910. The summed E-state index contributed by atoms with van der Waals surface area (Å²) in [6, 6.07) is 6.87. The zero-order chi connectivity index (χ0) is 21.7. The summed E-state index contributed by atoms with van der Waals surface area (Å²) in [5, 5.41) is 0.397. The van der Waals surface area contributed by atoms with E-state index in [1.165, 1.54) is 6.08 Å². The van der Waals surface area contributed by atoms with E-state index in [0.717, 1.165) is 11.1 Å². The molecule has 1 aliphatic heterocycles. The fourth-order valence-corrected chi connectivity index (χ4v) is 3.26. The van der Waals surface area contributed by atoms with Crippen LogP contribution in [0.25, 0.3) is 6.08 Å². The molecule has 30 heavy (non-hydrogen) atoms. The largest absolute Gasteiger partial charge is 0.444 e. The van der Waals surface area contributed by atoms with Crippen LogP contribution < -0.4 is 0 Å². The molecule has 8 heteroatoms. The summed E-state index contributed by atoms with van der Waals surface area (Å²) < 4.78 is 5.51. The topological polar surface area (TPSA) is 75.6 Å². The van der Waals surface area contributed by atoms with Gasteiger partial charge in [0.2, 0.25) is 5.91 Å². The third-order valence-electron chi connectivity index (χ3n) is 4.55. The molecule has 158 valence electrons. The molecule has 1 unspecified atom stereocenters. The number of ether oxygens (including phenoxy) is 1. The highest BCUT2D eigenvalue weighted by Crippen LogP contribution is 2.26. The second-order valence-electron chi connectivity index (χ2n) is 8.01. The number of carbonyl (C=O) groups excluding carboxylic acids is 2. The van der Waals surface area contributed by atoms with Gasteiger partial charge in [-0.15, -0.1) is 0 Å². The van der Waals surface area contributed by atoms with E-state index >= 15 is 0 Å². The van der Waals surface area contributed by atoms with Crippen LogP contribution in [0.3, 0.4) is 0 Å². The molecule has 1 atom stereocenters. The van der Waals surface area contributed by atoms with Gasteiger partial charge in [-0.05, 0) is 50.1 Å². The van der Waals surface area contributed by atoms with E-state index in [9.17, 15) is 9.59 Å². The number of halogens is 1. The number of pyridine rings is 2. The Labute approximate surface area is 181 Å². The molecule has 0 bridgehead atoms. The molecule has 0 radical (unpaired) electrons. The number of hydrogen-bond donors (Lipinski definition) is 0. The van der Waals surface area contributed by atoms with Crippen LogP contribution >= 0.6 is 11.6 Å². The zero-order valence-electron chi connectivity index (χ0n) is 17.3. The monoisotopic (exact) mass is 428 g/mol. The summed E-state index contributed by atoms with van der Waals surface area (Å²) in [6.07, 6.45) is 7.83. The molecule has 2 aromatic heterocycles. The van der Waals surface area contributed by atoms with Crippen LogP contribution in [0.1, 0.15) is 37.9 Å². The van der Waals surface area contributed by atoms with Gasteiger partial charge in [0, 0.05) is 44.3 Å². The fourth-order valence-electron chi connectivity index (χ4n) is 3.15. The van der Waals surface area contributed by atoms with Crippen molar-refractivity contribution in [3.8, 4) is 0 Å². The average molecular weight is 429 g/mol. The van der Waals surface area contributed by atoms with E-state index in [-0.39, 0.29) is 18.0 Å². The van der Waals surface area contributed by atoms with Crippen LogP contribution in [0.4, 0.5) is 4.79 Å². The third-order valence-corrected chi connectivity index (χ3v) is 4.78. The first-order chi connectivity index (χ1) is 14.2. The SMILES string of the molecule is CC(C)(C)OC(=O)N1CCN(C(=O)/C=C/c2ccc(Cl)nc2)C(c2cccnc2)C1. The van der Waals surface area contributed by atoms with Gasteiger partial charge in [-0.3, -0.25) is 9.78 Å². The van der Waals surface area contributed by atoms with Gasteiger partial charge in [0.25, 0.3) is 0 Å². The fraction of sp³-hybridized carbons (Fsp3) is 0.364. The van der Waals surface area contributed by atoms with Gasteiger partial charge in [0.05, 0.1) is 6.04 Å². The molecule has 1 saturated heterocycles. The molecular formula is C22H25ClN4O3. The van der Waals surface area contributed by atoms with Crippen molar-refractivity contribution in [1.82, 2.24) is 19.8 Å². The van der Waals surface area contributed by atoms with Crippen LogP contribution in [0.2, 0.25) is 5.15 Å². The number of hydrogen-bond acceptors (Lipinski definition) is 5. The van der Waals surface area contributed by atoms with Crippen molar-refractivity contribution in [3.63, 3.8) is 0 Å². The second kappa shape index (κ2) is 9.26. The zero-order valence-corrected chi connectivity index (χ0v) is 18.0. The molecule has 2 amide bonds. The lowest BCUT2D eigenvalue weighted by atomic mass is 10.0. The van der Waals surface area contributed by atoms with Gasteiger partial charge in [-0.2, -0.15) is 0 Å². The smallest absolute Gasteiger partial charge is 0.410 e. The molecule has 3 rings (SSSR count). The number of nitrogens with zero attached hydrogens (tertiary/aromatic N) is 4. The summed E-state index contributed by atoms with van der Waals surface area (Å²) >= 11 is 5.80. The first kappa shape index (κ1) is 21.8. The molecule has 2 aromatic rings. The Morgan fingerprint density at radius 1 is 1.20 bits per heavy atom. The summed E-state index contributed by atoms with van der Waals surface area (Å²) in [6.45, 7) is 6.62. The van der Waals surface area contributed by atoms with E-state index in [1.54, 1.807) is 46.6 Å². The maximum absolute atomic E-state index is 13.0. The quantitative estimate of drug-likeness (QED) is 0.546. The van der Waals surface area contributed by atoms with Crippen molar-refractivity contribution in [2.45, 2.75) is 32.4 Å². The highest BCUT2D eigenvalue weighted by Gasteiger charge is 2.34. The molecule has 0 spiro atoms. The number of aromatic nitrogens is 2. The van der Waals surface area contributed by atoms with Gasteiger partial charge in [-0.1, -0.05) is 23.7 Å². The molecule has 0 aliphatic carbocycles. The molecule has 1 fully saturated rings. The van der Waals surface area contributed by atoms with Crippen LogP contribution in [-0.4, -0.2) is 57.0 Å². The second-order valence-corrected chi connectivity index (χ2v) is 8.39. The number of piperazine rings is 1. The highest BCUT2D eigenvalue weighted by atomic mass is 35.5. The molecular weight excluding hydrogens is 404 g/mol. The maximum atomic E-state index is 13.0. The van der Waals surface area contributed by atoms with Crippen LogP contribution in [0, 0.1) is 0 Å². The number of rotatable bonds is 3. The Hall–Kier alpha value is -2.93. The van der Waals surface area contributed by atoms with E-state index in [4.69, 9.17) is 16.3 Å². The van der Waals surface area contributed by atoms with E-state index in [1.807, 2.05) is 32.9 Å². The molecule has 0 N–H and O–H groups in total. The van der Waals surface area contributed by atoms with Gasteiger partial charge in [0.1, 0.15) is 10.8 Å². The van der Waals surface area contributed by atoms with E-state index in [0.29, 0.717) is 24.8 Å². The molecule has 1 aliphatic rings. The lowest BCUT2D eigenvalue weighted by Crippen LogP contribution is -2.53.